The largest absolute Gasteiger partial charge is 0.394 e. The second kappa shape index (κ2) is 5.79. The number of aromatic nitrogens is 4. The Bertz CT molecular complexity index is 578. The average Bonchev–Trinajstić information content (AvgIpc) is 3.01. The van der Waals surface area contributed by atoms with Gasteiger partial charge in [0.15, 0.2) is 0 Å². The maximum absolute atomic E-state index is 12.2. The van der Waals surface area contributed by atoms with Gasteiger partial charge in [0.05, 0.1) is 12.1 Å². The highest BCUT2D eigenvalue weighted by atomic mass is 16.3. The van der Waals surface area contributed by atoms with Crippen LogP contribution in [0.15, 0.2) is 24.3 Å². The minimum Gasteiger partial charge on any atom is -0.394 e. The quantitative estimate of drug-likeness (QED) is 0.747. The van der Waals surface area contributed by atoms with Gasteiger partial charge >= 0.3 is 0 Å². The van der Waals surface area contributed by atoms with Crippen molar-refractivity contribution in [3.05, 3.63) is 29.8 Å². The number of aliphatic hydroxyl groups is 1. The molecule has 106 valence electrons. The summed E-state index contributed by atoms with van der Waals surface area (Å²) in [6.07, 6.45) is 0.639. The van der Waals surface area contributed by atoms with Crippen LogP contribution in [0.1, 0.15) is 30.6 Å². The van der Waals surface area contributed by atoms with E-state index in [0.717, 1.165) is 0 Å². The highest BCUT2D eigenvalue weighted by molar-refractivity contribution is 5.95. The second-order valence-corrected chi connectivity index (χ2v) is 4.84. The van der Waals surface area contributed by atoms with Gasteiger partial charge in [-0.3, -0.25) is 4.79 Å². The lowest BCUT2D eigenvalue weighted by molar-refractivity contribution is 0.0847. The Morgan fingerprint density at radius 2 is 2.30 bits per heavy atom. The molecule has 1 aromatic heterocycles. The van der Waals surface area contributed by atoms with Gasteiger partial charge in [-0.1, -0.05) is 19.1 Å². The van der Waals surface area contributed by atoms with Crippen LogP contribution >= 0.6 is 0 Å². The van der Waals surface area contributed by atoms with Crippen LogP contribution < -0.4 is 5.32 Å². The van der Waals surface area contributed by atoms with Crippen molar-refractivity contribution in [1.29, 1.82) is 0 Å². The first-order valence-electron chi connectivity index (χ1n) is 6.35. The number of amides is 1. The van der Waals surface area contributed by atoms with Crippen molar-refractivity contribution in [2.75, 3.05) is 6.61 Å². The Balaban J connectivity index is 2.21. The zero-order chi connectivity index (χ0) is 14.6. The van der Waals surface area contributed by atoms with Crippen molar-refractivity contribution in [1.82, 2.24) is 25.9 Å². The van der Waals surface area contributed by atoms with E-state index >= 15 is 0 Å². The van der Waals surface area contributed by atoms with Gasteiger partial charge in [-0.15, -0.1) is 10.2 Å². The predicted octanol–water partition coefficient (Wildman–Crippen LogP) is 0.757. The Labute approximate surface area is 116 Å². The fraction of sp³-hybridized carbons (Fsp3) is 0.385. The summed E-state index contributed by atoms with van der Waals surface area (Å²) in [4.78, 5) is 12.2. The smallest absolute Gasteiger partial charge is 0.251 e. The van der Waals surface area contributed by atoms with Crippen LogP contribution in [0.2, 0.25) is 0 Å². The molecular formula is C13H17N5O2. The van der Waals surface area contributed by atoms with Crippen LogP contribution in [0.4, 0.5) is 0 Å². The molecule has 7 nitrogen and oxygen atoms in total. The van der Waals surface area contributed by atoms with Gasteiger partial charge in [0.1, 0.15) is 0 Å². The Kier molecular flexibility index (Phi) is 4.09. The van der Waals surface area contributed by atoms with E-state index in [-0.39, 0.29) is 12.5 Å². The number of nitrogens with zero attached hydrogens (tertiary/aromatic N) is 3. The van der Waals surface area contributed by atoms with Gasteiger partial charge in [0.25, 0.3) is 5.91 Å². The highest BCUT2D eigenvalue weighted by Gasteiger charge is 2.24. The molecule has 0 aliphatic carbocycles. The molecule has 0 spiro atoms. The summed E-state index contributed by atoms with van der Waals surface area (Å²) in [5, 5.41) is 25.8. The molecule has 1 aromatic carbocycles. The standard InChI is InChI=1S/C13H17N5O2/c1-3-13(2,8-19)14-12(20)10-6-4-5-9(7-10)11-15-17-18-16-11/h4-7,19H,3,8H2,1-2H3,(H,14,20)(H,15,16,17,18). The molecule has 0 aliphatic heterocycles. The van der Waals surface area contributed by atoms with E-state index in [1.54, 1.807) is 31.2 Å². The summed E-state index contributed by atoms with van der Waals surface area (Å²) < 4.78 is 0. The molecule has 0 saturated carbocycles. The molecule has 7 heteroatoms. The third kappa shape index (κ3) is 3.00. The number of benzene rings is 1. The van der Waals surface area contributed by atoms with Gasteiger partial charge in [0, 0.05) is 11.1 Å². The highest BCUT2D eigenvalue weighted by Crippen LogP contribution is 2.16. The summed E-state index contributed by atoms with van der Waals surface area (Å²) in [5.74, 6) is 0.189. The van der Waals surface area contributed by atoms with E-state index in [4.69, 9.17) is 0 Å². The molecule has 1 unspecified atom stereocenters. The van der Waals surface area contributed by atoms with Crippen LogP contribution in [0.25, 0.3) is 11.4 Å². The second-order valence-electron chi connectivity index (χ2n) is 4.84. The van der Waals surface area contributed by atoms with Crippen LogP contribution in [-0.2, 0) is 0 Å². The predicted molar refractivity (Wildman–Crippen MR) is 72.9 cm³/mol. The lowest BCUT2D eigenvalue weighted by atomic mass is 9.99. The zero-order valence-corrected chi connectivity index (χ0v) is 11.4. The van der Waals surface area contributed by atoms with Gasteiger partial charge < -0.3 is 10.4 Å². The molecule has 3 N–H and O–H groups in total. The normalized spacial score (nSPS) is 13.8. The van der Waals surface area contributed by atoms with Crippen molar-refractivity contribution in [2.45, 2.75) is 25.8 Å². The van der Waals surface area contributed by atoms with Crippen LogP contribution in [-0.4, -0.2) is 43.8 Å². The van der Waals surface area contributed by atoms with Crippen molar-refractivity contribution >= 4 is 5.91 Å². The number of tetrazole rings is 1. The van der Waals surface area contributed by atoms with Gasteiger partial charge in [-0.05, 0) is 30.7 Å². The molecule has 2 aromatic rings. The van der Waals surface area contributed by atoms with E-state index in [1.165, 1.54) is 0 Å². The fourth-order valence-electron chi connectivity index (χ4n) is 1.67. The SMILES string of the molecule is CCC(C)(CO)NC(=O)c1cccc(-c2nn[nH]n2)c1. The van der Waals surface area contributed by atoms with Crippen LogP contribution in [0.3, 0.4) is 0 Å². The van der Waals surface area contributed by atoms with Crippen molar-refractivity contribution in [3.63, 3.8) is 0 Å². The summed E-state index contributed by atoms with van der Waals surface area (Å²) in [7, 11) is 0. The first-order chi connectivity index (χ1) is 9.58. The van der Waals surface area contributed by atoms with Gasteiger partial charge in [-0.2, -0.15) is 5.21 Å². The van der Waals surface area contributed by atoms with E-state index < -0.39 is 5.54 Å². The number of carbonyl (C=O) groups is 1. The number of nitrogens with one attached hydrogen (secondary N) is 2. The molecule has 2 rings (SSSR count). The van der Waals surface area contributed by atoms with Gasteiger partial charge in [-0.25, -0.2) is 0 Å². The van der Waals surface area contributed by atoms with Crippen molar-refractivity contribution in [2.24, 2.45) is 0 Å². The Hall–Kier alpha value is -2.28. The first-order valence-corrected chi connectivity index (χ1v) is 6.35. The van der Waals surface area contributed by atoms with Crippen LogP contribution in [0, 0.1) is 0 Å². The van der Waals surface area contributed by atoms with E-state index in [0.29, 0.717) is 23.4 Å². The topological polar surface area (TPSA) is 104 Å². The minimum atomic E-state index is -0.626. The average molecular weight is 275 g/mol. The molecule has 1 atom stereocenters. The molecule has 0 fully saturated rings. The monoisotopic (exact) mass is 275 g/mol. The first kappa shape index (κ1) is 14.1. The molecule has 0 radical (unpaired) electrons. The van der Waals surface area contributed by atoms with E-state index in [9.17, 15) is 9.90 Å². The fourth-order valence-corrected chi connectivity index (χ4v) is 1.67. The molecule has 1 amide bonds. The molecule has 0 aliphatic rings. The summed E-state index contributed by atoms with van der Waals surface area (Å²) in [6.45, 7) is 3.60. The molecule has 20 heavy (non-hydrogen) atoms. The summed E-state index contributed by atoms with van der Waals surface area (Å²) in [6, 6.07) is 6.94. The van der Waals surface area contributed by atoms with Crippen LogP contribution in [0.5, 0.6) is 0 Å². The third-order valence-electron chi connectivity index (χ3n) is 3.27. The zero-order valence-electron chi connectivity index (χ0n) is 11.4. The van der Waals surface area contributed by atoms with Crippen molar-refractivity contribution < 1.29 is 9.90 Å². The maximum Gasteiger partial charge on any atom is 0.251 e. The number of hydrogen-bond donors (Lipinski definition) is 3. The molecular weight excluding hydrogens is 258 g/mol. The van der Waals surface area contributed by atoms with Crippen molar-refractivity contribution in [3.8, 4) is 11.4 Å². The lowest BCUT2D eigenvalue weighted by Crippen LogP contribution is -2.48. The number of hydrogen-bond acceptors (Lipinski definition) is 5. The number of H-pyrrole nitrogens is 1. The van der Waals surface area contributed by atoms with E-state index in [1.807, 2.05) is 6.92 Å². The maximum atomic E-state index is 12.2. The third-order valence-corrected chi connectivity index (χ3v) is 3.27. The van der Waals surface area contributed by atoms with E-state index in [2.05, 4.69) is 25.9 Å². The number of aliphatic hydroxyl groups excluding tert-OH is 1. The lowest BCUT2D eigenvalue weighted by Gasteiger charge is -2.27. The Morgan fingerprint density at radius 1 is 1.50 bits per heavy atom. The molecule has 1 heterocycles. The number of rotatable bonds is 5. The number of carbonyl (C=O) groups excluding carboxylic acids is 1. The molecule has 0 saturated heterocycles. The minimum absolute atomic E-state index is 0.111. The summed E-state index contributed by atoms with van der Waals surface area (Å²) >= 11 is 0. The molecule has 0 bridgehead atoms. The Morgan fingerprint density at radius 3 is 2.90 bits per heavy atom. The summed E-state index contributed by atoms with van der Waals surface area (Å²) in [5.41, 5.74) is 0.563. The number of aromatic amines is 1. The van der Waals surface area contributed by atoms with Gasteiger partial charge in [0.2, 0.25) is 5.82 Å².